The molecule has 0 aliphatic heterocycles. The van der Waals surface area contributed by atoms with Crippen molar-refractivity contribution >= 4 is 0 Å². The fourth-order valence-corrected chi connectivity index (χ4v) is 6.75. The van der Waals surface area contributed by atoms with E-state index in [0.717, 1.165) is 29.6 Å². The summed E-state index contributed by atoms with van der Waals surface area (Å²) in [5, 5.41) is 0. The van der Waals surface area contributed by atoms with E-state index >= 15 is 0 Å². The monoisotopic (exact) mass is 294 g/mol. The van der Waals surface area contributed by atoms with E-state index in [2.05, 4.69) is 18.2 Å². The molecule has 0 saturated heterocycles. The van der Waals surface area contributed by atoms with Crippen molar-refractivity contribution in [1.29, 1.82) is 0 Å². The number of hydrogen-bond donors (Lipinski definition) is 0. The van der Waals surface area contributed by atoms with Crippen molar-refractivity contribution in [2.75, 3.05) is 0 Å². The van der Waals surface area contributed by atoms with Gasteiger partial charge in [-0.05, 0) is 92.1 Å². The highest BCUT2D eigenvalue weighted by Gasteiger charge is 2.46. The molecular formula is C22H30. The maximum Gasteiger partial charge on any atom is -0.0125 e. The van der Waals surface area contributed by atoms with Crippen LogP contribution in [0.1, 0.15) is 70.6 Å². The molecule has 0 heteroatoms. The van der Waals surface area contributed by atoms with Gasteiger partial charge in [0.05, 0.1) is 0 Å². The molecule has 5 rings (SSSR count). The van der Waals surface area contributed by atoms with Gasteiger partial charge in [-0.25, -0.2) is 0 Å². The molecule has 2 saturated carbocycles. The molecule has 0 nitrogen and oxygen atoms in total. The van der Waals surface area contributed by atoms with Gasteiger partial charge >= 0.3 is 0 Å². The lowest BCUT2D eigenvalue weighted by Crippen LogP contribution is -2.41. The maximum atomic E-state index is 2.69. The number of fused-ring (bicyclic) bond motifs is 6. The Labute approximate surface area is 135 Å². The Morgan fingerprint density at radius 3 is 2.55 bits per heavy atom. The fourth-order valence-electron chi connectivity index (χ4n) is 6.75. The quantitative estimate of drug-likeness (QED) is 0.498. The summed E-state index contributed by atoms with van der Waals surface area (Å²) in [4.78, 5) is 0. The minimum Gasteiger partial charge on any atom is -0.0842 e. The maximum absolute atomic E-state index is 2.69. The molecule has 5 unspecified atom stereocenters. The Morgan fingerprint density at radius 1 is 0.818 bits per heavy atom. The molecule has 2 fully saturated rings. The van der Waals surface area contributed by atoms with E-state index < -0.39 is 0 Å². The molecule has 0 bridgehead atoms. The average Bonchev–Trinajstić information content (AvgIpc) is 2.61. The van der Waals surface area contributed by atoms with Gasteiger partial charge < -0.3 is 0 Å². The summed E-state index contributed by atoms with van der Waals surface area (Å²) < 4.78 is 0. The Hall–Kier alpha value is -0.780. The van der Waals surface area contributed by atoms with E-state index in [-0.39, 0.29) is 0 Å². The van der Waals surface area contributed by atoms with Gasteiger partial charge in [-0.1, -0.05) is 43.1 Å². The zero-order valence-corrected chi connectivity index (χ0v) is 13.9. The Balaban J connectivity index is 1.62. The van der Waals surface area contributed by atoms with Crippen molar-refractivity contribution in [1.82, 2.24) is 0 Å². The van der Waals surface area contributed by atoms with Crippen LogP contribution in [0.3, 0.4) is 0 Å². The van der Waals surface area contributed by atoms with Crippen LogP contribution in [0.2, 0.25) is 0 Å². The lowest BCUT2D eigenvalue weighted by atomic mass is 9.53. The predicted octanol–water partition coefficient (Wildman–Crippen LogP) is 6.21. The van der Waals surface area contributed by atoms with Crippen LogP contribution in [0.25, 0.3) is 0 Å². The van der Waals surface area contributed by atoms with Crippen molar-refractivity contribution in [2.45, 2.75) is 70.6 Å². The number of allylic oxidation sites excluding steroid dienone is 6. The molecule has 0 spiro atoms. The third kappa shape index (κ3) is 2.02. The first-order valence-corrected chi connectivity index (χ1v) is 10.0. The third-order valence-electron chi connectivity index (χ3n) is 7.66. The van der Waals surface area contributed by atoms with E-state index in [9.17, 15) is 0 Å². The van der Waals surface area contributed by atoms with Gasteiger partial charge in [-0.3, -0.25) is 0 Å². The molecular weight excluding hydrogens is 264 g/mol. The highest BCUT2D eigenvalue weighted by molar-refractivity contribution is 5.44. The summed E-state index contributed by atoms with van der Waals surface area (Å²) in [5.74, 6) is 4.91. The number of rotatable bonds is 0. The van der Waals surface area contributed by atoms with Crippen molar-refractivity contribution in [3.8, 4) is 0 Å². The predicted molar refractivity (Wildman–Crippen MR) is 92.5 cm³/mol. The minimum absolute atomic E-state index is 0.891. The fraction of sp³-hybridized carbons (Fsp3) is 0.727. The summed E-state index contributed by atoms with van der Waals surface area (Å²) in [6.07, 6.45) is 23.8. The van der Waals surface area contributed by atoms with E-state index in [1.165, 1.54) is 64.2 Å². The molecule has 22 heavy (non-hydrogen) atoms. The summed E-state index contributed by atoms with van der Waals surface area (Å²) in [7, 11) is 0. The van der Waals surface area contributed by atoms with E-state index in [1.54, 1.807) is 12.0 Å². The molecule has 0 heterocycles. The molecule has 0 radical (unpaired) electrons. The van der Waals surface area contributed by atoms with Crippen molar-refractivity contribution < 1.29 is 0 Å². The molecule has 0 aromatic heterocycles. The molecule has 5 aliphatic rings. The van der Waals surface area contributed by atoms with Gasteiger partial charge in [-0.2, -0.15) is 0 Å². The first-order valence-electron chi connectivity index (χ1n) is 10.0. The van der Waals surface area contributed by atoms with E-state index in [4.69, 9.17) is 0 Å². The van der Waals surface area contributed by atoms with Gasteiger partial charge in [0, 0.05) is 0 Å². The summed E-state index contributed by atoms with van der Waals surface area (Å²) in [5.41, 5.74) is 5.47. The molecule has 0 N–H and O–H groups in total. The first-order chi connectivity index (χ1) is 10.9. The second-order valence-electron chi connectivity index (χ2n) is 8.61. The summed E-state index contributed by atoms with van der Waals surface area (Å²) in [6, 6.07) is 0. The van der Waals surface area contributed by atoms with Crippen LogP contribution in [-0.4, -0.2) is 0 Å². The lowest BCUT2D eigenvalue weighted by Gasteiger charge is -2.52. The zero-order valence-electron chi connectivity index (χ0n) is 13.9. The zero-order chi connectivity index (χ0) is 14.5. The average molecular weight is 294 g/mol. The van der Waals surface area contributed by atoms with Crippen molar-refractivity contribution in [3.05, 3.63) is 34.9 Å². The summed E-state index contributed by atoms with van der Waals surface area (Å²) in [6.45, 7) is 0. The van der Waals surface area contributed by atoms with Crippen LogP contribution in [0.5, 0.6) is 0 Å². The second kappa shape index (κ2) is 5.39. The van der Waals surface area contributed by atoms with Crippen LogP contribution in [0, 0.1) is 29.6 Å². The van der Waals surface area contributed by atoms with Gasteiger partial charge in [0.25, 0.3) is 0 Å². The van der Waals surface area contributed by atoms with Gasteiger partial charge in [0.1, 0.15) is 0 Å². The standard InChI is InChI=1S/C22H30/c1-2-8-16-14-22-20-12-6-4-10-18(20)17-9-3-5-11-19(17)21(22)13-15(16)7-1/h1,7,13,16-18,20,22H,2-6,8-12,14H2. The molecule has 0 aromatic rings. The smallest absolute Gasteiger partial charge is 0.0125 e. The molecule has 5 atom stereocenters. The molecule has 5 aliphatic carbocycles. The molecule has 0 aromatic carbocycles. The van der Waals surface area contributed by atoms with Gasteiger partial charge in [0.2, 0.25) is 0 Å². The van der Waals surface area contributed by atoms with Gasteiger partial charge in [-0.15, -0.1) is 0 Å². The Kier molecular flexibility index (Phi) is 3.34. The third-order valence-corrected chi connectivity index (χ3v) is 7.66. The van der Waals surface area contributed by atoms with Crippen molar-refractivity contribution in [2.24, 2.45) is 29.6 Å². The first kappa shape index (κ1) is 13.6. The van der Waals surface area contributed by atoms with Crippen LogP contribution in [0.4, 0.5) is 0 Å². The minimum atomic E-state index is 0.891. The summed E-state index contributed by atoms with van der Waals surface area (Å²) >= 11 is 0. The lowest BCUT2D eigenvalue weighted by molar-refractivity contribution is 0.0902. The highest BCUT2D eigenvalue weighted by atomic mass is 14.5. The Morgan fingerprint density at radius 2 is 1.64 bits per heavy atom. The van der Waals surface area contributed by atoms with E-state index in [1.807, 2.05) is 11.1 Å². The second-order valence-corrected chi connectivity index (χ2v) is 8.61. The van der Waals surface area contributed by atoms with Crippen LogP contribution >= 0.6 is 0 Å². The number of hydrogen-bond acceptors (Lipinski definition) is 0. The van der Waals surface area contributed by atoms with Crippen molar-refractivity contribution in [3.63, 3.8) is 0 Å². The topological polar surface area (TPSA) is 0 Å². The van der Waals surface area contributed by atoms with Crippen LogP contribution < -0.4 is 0 Å². The van der Waals surface area contributed by atoms with Gasteiger partial charge in [0.15, 0.2) is 0 Å². The molecule has 0 amide bonds. The van der Waals surface area contributed by atoms with E-state index in [0.29, 0.717) is 0 Å². The normalized spacial score (nSPS) is 43.6. The van der Waals surface area contributed by atoms with Crippen LogP contribution in [0.15, 0.2) is 34.9 Å². The Bertz CT molecular complexity index is 546. The highest BCUT2D eigenvalue weighted by Crippen LogP contribution is 2.57. The SMILES string of the molecule is C1=CC2=CC3=C4CCCCC4C4CCCCC4C3CC2CC1. The molecule has 118 valence electrons. The largest absolute Gasteiger partial charge is 0.0842 e. The van der Waals surface area contributed by atoms with Crippen LogP contribution in [-0.2, 0) is 0 Å².